The Balaban J connectivity index is 1.81. The molecule has 2 unspecified atom stereocenters. The first-order valence-electron chi connectivity index (χ1n) is 6.49. The summed E-state index contributed by atoms with van der Waals surface area (Å²) in [7, 11) is 1.72. The topological polar surface area (TPSA) is 29.5 Å². The summed E-state index contributed by atoms with van der Waals surface area (Å²) in [6, 6.07) is 8.19. The van der Waals surface area contributed by atoms with Crippen LogP contribution in [0.2, 0.25) is 0 Å². The van der Waals surface area contributed by atoms with E-state index in [0.717, 1.165) is 24.0 Å². The van der Waals surface area contributed by atoms with E-state index in [4.69, 9.17) is 4.74 Å². The van der Waals surface area contributed by atoms with Crippen LogP contribution in [0.4, 0.5) is 0 Å². The lowest BCUT2D eigenvalue weighted by molar-refractivity contribution is 0.116. The minimum atomic E-state index is 0.127. The molecule has 3 rings (SSSR count). The Hall–Kier alpha value is -1.02. The maximum absolute atomic E-state index is 9.74. The van der Waals surface area contributed by atoms with Crippen LogP contribution in [0.1, 0.15) is 24.8 Å². The van der Waals surface area contributed by atoms with E-state index >= 15 is 0 Å². The summed E-state index contributed by atoms with van der Waals surface area (Å²) >= 11 is 0. The van der Waals surface area contributed by atoms with Crippen molar-refractivity contribution in [1.29, 1.82) is 0 Å². The van der Waals surface area contributed by atoms with Crippen molar-refractivity contribution in [2.45, 2.75) is 25.7 Å². The van der Waals surface area contributed by atoms with Crippen molar-refractivity contribution in [1.82, 2.24) is 0 Å². The highest BCUT2D eigenvalue weighted by molar-refractivity contribution is 5.34. The Labute approximate surface area is 103 Å². The highest BCUT2D eigenvalue weighted by Gasteiger charge is 2.53. The van der Waals surface area contributed by atoms with E-state index in [0.29, 0.717) is 6.61 Å². The zero-order valence-corrected chi connectivity index (χ0v) is 10.4. The van der Waals surface area contributed by atoms with Crippen LogP contribution in [0.3, 0.4) is 0 Å². The van der Waals surface area contributed by atoms with Crippen LogP contribution in [0, 0.1) is 17.3 Å². The van der Waals surface area contributed by atoms with E-state index in [2.05, 4.69) is 12.1 Å². The molecular formula is C15H20O2. The summed E-state index contributed by atoms with van der Waals surface area (Å²) in [5.41, 5.74) is 1.37. The molecule has 2 fully saturated rings. The number of ether oxygens (including phenoxy) is 1. The van der Waals surface area contributed by atoms with Gasteiger partial charge in [0.05, 0.1) is 7.11 Å². The summed E-state index contributed by atoms with van der Waals surface area (Å²) in [5.74, 6) is 2.76. The number of methoxy groups -OCH3 is 1. The van der Waals surface area contributed by atoms with Crippen LogP contribution < -0.4 is 4.74 Å². The number of benzene rings is 1. The predicted molar refractivity (Wildman–Crippen MR) is 67.0 cm³/mol. The second-order valence-corrected chi connectivity index (χ2v) is 5.81. The minimum Gasteiger partial charge on any atom is -0.496 e. The van der Waals surface area contributed by atoms with Gasteiger partial charge in [0, 0.05) is 6.61 Å². The third-order valence-corrected chi connectivity index (χ3v) is 4.55. The Morgan fingerprint density at radius 1 is 1.29 bits per heavy atom. The normalized spacial score (nSPS) is 34.5. The van der Waals surface area contributed by atoms with Gasteiger partial charge in [0.2, 0.25) is 0 Å². The molecule has 92 valence electrons. The van der Waals surface area contributed by atoms with Crippen LogP contribution in [0.25, 0.3) is 0 Å². The zero-order chi connectivity index (χ0) is 11.9. The van der Waals surface area contributed by atoms with Gasteiger partial charge in [0.1, 0.15) is 5.75 Å². The molecule has 2 aliphatic rings. The fraction of sp³-hybridized carbons (Fsp3) is 0.600. The monoisotopic (exact) mass is 232 g/mol. The summed E-state index contributed by atoms with van der Waals surface area (Å²) in [6.07, 6.45) is 4.76. The smallest absolute Gasteiger partial charge is 0.122 e. The van der Waals surface area contributed by atoms with Crippen molar-refractivity contribution in [3.8, 4) is 5.75 Å². The molecule has 0 spiro atoms. The first-order valence-corrected chi connectivity index (χ1v) is 6.49. The van der Waals surface area contributed by atoms with Crippen molar-refractivity contribution in [3.05, 3.63) is 29.8 Å². The lowest BCUT2D eigenvalue weighted by Crippen LogP contribution is -2.26. The number of aliphatic hydroxyl groups excluding tert-OH is 1. The maximum atomic E-state index is 9.74. The molecule has 0 aromatic heterocycles. The molecule has 0 heterocycles. The quantitative estimate of drug-likeness (QED) is 0.864. The Kier molecular flexibility index (Phi) is 2.62. The largest absolute Gasteiger partial charge is 0.496 e. The molecule has 1 aromatic rings. The second-order valence-electron chi connectivity index (χ2n) is 5.81. The lowest BCUT2D eigenvalue weighted by Gasteiger charge is -2.29. The van der Waals surface area contributed by atoms with Gasteiger partial charge in [-0.05, 0) is 54.6 Å². The number of hydrogen-bond acceptors (Lipinski definition) is 2. The van der Waals surface area contributed by atoms with E-state index in [9.17, 15) is 5.11 Å². The third kappa shape index (κ3) is 1.95. The average molecular weight is 232 g/mol. The van der Waals surface area contributed by atoms with Crippen molar-refractivity contribution in [2.75, 3.05) is 13.7 Å². The van der Waals surface area contributed by atoms with Crippen molar-refractivity contribution in [3.63, 3.8) is 0 Å². The SMILES string of the molecule is COc1ccccc1CC1(CO)CC2CC2C1. The highest BCUT2D eigenvalue weighted by Crippen LogP contribution is 2.60. The molecule has 2 atom stereocenters. The lowest BCUT2D eigenvalue weighted by atomic mass is 9.78. The average Bonchev–Trinajstić information content (AvgIpc) is 2.98. The molecule has 0 saturated heterocycles. The number of rotatable bonds is 4. The van der Waals surface area contributed by atoms with E-state index in [-0.39, 0.29) is 5.41 Å². The molecule has 1 N–H and O–H groups in total. The van der Waals surface area contributed by atoms with Gasteiger partial charge >= 0.3 is 0 Å². The summed E-state index contributed by atoms with van der Waals surface area (Å²) in [6.45, 7) is 0.318. The van der Waals surface area contributed by atoms with Crippen molar-refractivity contribution < 1.29 is 9.84 Å². The number of para-hydroxylation sites is 1. The fourth-order valence-corrected chi connectivity index (χ4v) is 3.59. The molecule has 0 amide bonds. The Morgan fingerprint density at radius 3 is 2.65 bits per heavy atom. The van der Waals surface area contributed by atoms with Crippen LogP contribution in [0.5, 0.6) is 5.75 Å². The van der Waals surface area contributed by atoms with Gasteiger partial charge in [0.25, 0.3) is 0 Å². The van der Waals surface area contributed by atoms with Gasteiger partial charge in [-0.2, -0.15) is 0 Å². The molecule has 2 heteroatoms. The van der Waals surface area contributed by atoms with E-state index in [1.54, 1.807) is 7.11 Å². The number of aliphatic hydroxyl groups is 1. The van der Waals surface area contributed by atoms with Gasteiger partial charge in [-0.25, -0.2) is 0 Å². The Bertz CT molecular complexity index is 403. The standard InChI is InChI=1S/C15H20O2/c1-17-14-5-3-2-4-11(14)7-15(10-16)8-12-6-13(12)9-15/h2-5,12-13,16H,6-10H2,1H3. The molecule has 2 aliphatic carbocycles. The van der Waals surface area contributed by atoms with E-state index < -0.39 is 0 Å². The molecule has 0 bridgehead atoms. The number of hydrogen-bond donors (Lipinski definition) is 1. The van der Waals surface area contributed by atoms with Crippen LogP contribution in [-0.4, -0.2) is 18.8 Å². The van der Waals surface area contributed by atoms with Crippen LogP contribution in [0.15, 0.2) is 24.3 Å². The van der Waals surface area contributed by atoms with Crippen LogP contribution >= 0.6 is 0 Å². The van der Waals surface area contributed by atoms with Gasteiger partial charge < -0.3 is 9.84 Å². The summed E-state index contributed by atoms with van der Waals surface area (Å²) in [5, 5.41) is 9.74. The fourth-order valence-electron chi connectivity index (χ4n) is 3.59. The molecular weight excluding hydrogens is 212 g/mol. The molecule has 1 aromatic carbocycles. The van der Waals surface area contributed by atoms with Gasteiger partial charge in [-0.1, -0.05) is 18.2 Å². The zero-order valence-electron chi connectivity index (χ0n) is 10.4. The van der Waals surface area contributed by atoms with E-state index in [1.165, 1.54) is 24.8 Å². The minimum absolute atomic E-state index is 0.127. The molecule has 0 radical (unpaired) electrons. The van der Waals surface area contributed by atoms with Gasteiger partial charge in [-0.15, -0.1) is 0 Å². The van der Waals surface area contributed by atoms with Crippen molar-refractivity contribution >= 4 is 0 Å². The van der Waals surface area contributed by atoms with Gasteiger partial charge in [-0.3, -0.25) is 0 Å². The summed E-state index contributed by atoms with van der Waals surface area (Å²) in [4.78, 5) is 0. The maximum Gasteiger partial charge on any atom is 0.122 e. The third-order valence-electron chi connectivity index (χ3n) is 4.55. The number of fused-ring (bicyclic) bond motifs is 1. The Morgan fingerprint density at radius 2 is 2.00 bits per heavy atom. The second kappa shape index (κ2) is 4.02. The first-order chi connectivity index (χ1) is 8.26. The van der Waals surface area contributed by atoms with Crippen molar-refractivity contribution in [2.24, 2.45) is 17.3 Å². The molecule has 2 nitrogen and oxygen atoms in total. The molecule has 0 aliphatic heterocycles. The summed E-state index contributed by atoms with van der Waals surface area (Å²) < 4.78 is 5.40. The van der Waals surface area contributed by atoms with Crippen LogP contribution in [-0.2, 0) is 6.42 Å². The first kappa shape index (κ1) is 11.1. The molecule has 2 saturated carbocycles. The van der Waals surface area contributed by atoms with E-state index in [1.807, 2.05) is 12.1 Å². The van der Waals surface area contributed by atoms with Gasteiger partial charge in [0.15, 0.2) is 0 Å². The molecule has 17 heavy (non-hydrogen) atoms. The highest BCUT2D eigenvalue weighted by atomic mass is 16.5. The predicted octanol–water partition coefficient (Wildman–Crippen LogP) is 2.65.